The Balaban J connectivity index is 2.83. The number of rotatable bonds is 4. The molecule has 0 radical (unpaired) electrons. The number of nitrogens with zero attached hydrogens (tertiary/aromatic N) is 1. The summed E-state index contributed by atoms with van der Waals surface area (Å²) in [5, 5.41) is 13.8. The van der Waals surface area contributed by atoms with Crippen LogP contribution in [0.15, 0.2) is 22.7 Å². The highest BCUT2D eigenvalue weighted by molar-refractivity contribution is 9.10. The maximum absolute atomic E-state index is 10.7. The molecule has 0 fully saturated rings. The standard InChI is InChI=1S/C10H13BrN2O2/c1-7(2)6-12-8-3-4-9(11)10(5-8)13(14)15/h3-5,7,12H,6H2,1-2H3. The van der Waals surface area contributed by atoms with Crippen LogP contribution in [0.1, 0.15) is 13.8 Å². The first kappa shape index (κ1) is 12.0. The average Bonchev–Trinajstić information content (AvgIpc) is 2.16. The van der Waals surface area contributed by atoms with Crippen molar-refractivity contribution < 1.29 is 4.92 Å². The Hall–Kier alpha value is -1.10. The van der Waals surface area contributed by atoms with Crippen molar-refractivity contribution in [2.75, 3.05) is 11.9 Å². The highest BCUT2D eigenvalue weighted by Crippen LogP contribution is 2.27. The molecule has 5 heteroatoms. The monoisotopic (exact) mass is 272 g/mol. The van der Waals surface area contributed by atoms with Gasteiger partial charge in [-0.25, -0.2) is 0 Å². The minimum Gasteiger partial charge on any atom is -0.385 e. The molecule has 82 valence electrons. The van der Waals surface area contributed by atoms with Crippen LogP contribution in [0.2, 0.25) is 0 Å². The highest BCUT2D eigenvalue weighted by atomic mass is 79.9. The molecule has 0 spiro atoms. The van der Waals surface area contributed by atoms with Gasteiger partial charge in [-0.15, -0.1) is 0 Å². The fourth-order valence-corrected chi connectivity index (χ4v) is 1.48. The molecule has 15 heavy (non-hydrogen) atoms. The lowest BCUT2D eigenvalue weighted by atomic mass is 10.2. The zero-order valence-corrected chi connectivity index (χ0v) is 10.2. The third-order valence-corrected chi connectivity index (χ3v) is 2.53. The van der Waals surface area contributed by atoms with Gasteiger partial charge in [0.15, 0.2) is 0 Å². The van der Waals surface area contributed by atoms with Gasteiger partial charge in [-0.2, -0.15) is 0 Å². The number of nitro benzene ring substituents is 1. The van der Waals surface area contributed by atoms with E-state index < -0.39 is 4.92 Å². The number of nitrogens with one attached hydrogen (secondary N) is 1. The van der Waals surface area contributed by atoms with Crippen molar-refractivity contribution in [3.05, 3.63) is 32.8 Å². The summed E-state index contributed by atoms with van der Waals surface area (Å²) in [5.74, 6) is 0.507. The van der Waals surface area contributed by atoms with Gasteiger partial charge in [0.1, 0.15) is 0 Å². The van der Waals surface area contributed by atoms with E-state index in [1.807, 2.05) is 6.07 Å². The van der Waals surface area contributed by atoms with E-state index in [4.69, 9.17) is 0 Å². The Kier molecular flexibility index (Phi) is 4.08. The zero-order valence-electron chi connectivity index (χ0n) is 8.66. The van der Waals surface area contributed by atoms with Gasteiger partial charge >= 0.3 is 0 Å². The highest BCUT2D eigenvalue weighted by Gasteiger charge is 2.11. The maximum atomic E-state index is 10.7. The molecule has 0 atom stereocenters. The Labute approximate surface area is 97.0 Å². The van der Waals surface area contributed by atoms with Crippen LogP contribution >= 0.6 is 15.9 Å². The predicted molar refractivity (Wildman–Crippen MR) is 64.1 cm³/mol. The number of hydrogen-bond acceptors (Lipinski definition) is 3. The summed E-state index contributed by atoms with van der Waals surface area (Å²) in [6.07, 6.45) is 0. The molecule has 0 aromatic heterocycles. The fraction of sp³-hybridized carbons (Fsp3) is 0.400. The normalized spacial score (nSPS) is 10.4. The Morgan fingerprint density at radius 2 is 2.20 bits per heavy atom. The summed E-state index contributed by atoms with van der Waals surface area (Å²) in [6.45, 7) is 4.97. The molecular formula is C10H13BrN2O2. The van der Waals surface area contributed by atoms with E-state index >= 15 is 0 Å². The minimum atomic E-state index is -0.398. The molecule has 0 aliphatic heterocycles. The lowest BCUT2D eigenvalue weighted by Crippen LogP contribution is -2.08. The van der Waals surface area contributed by atoms with Crippen molar-refractivity contribution in [3.63, 3.8) is 0 Å². The van der Waals surface area contributed by atoms with E-state index in [0.29, 0.717) is 10.4 Å². The number of benzene rings is 1. The van der Waals surface area contributed by atoms with Gasteiger partial charge in [-0.05, 0) is 34.0 Å². The largest absolute Gasteiger partial charge is 0.385 e. The average molecular weight is 273 g/mol. The molecule has 0 saturated carbocycles. The predicted octanol–water partition coefficient (Wildman–Crippen LogP) is 3.43. The third-order valence-electron chi connectivity index (χ3n) is 1.86. The zero-order chi connectivity index (χ0) is 11.4. The molecule has 0 aliphatic rings. The molecule has 1 N–H and O–H groups in total. The smallest absolute Gasteiger partial charge is 0.285 e. The molecule has 0 heterocycles. The summed E-state index contributed by atoms with van der Waals surface area (Å²) in [5.41, 5.74) is 0.863. The summed E-state index contributed by atoms with van der Waals surface area (Å²) in [6, 6.07) is 5.03. The lowest BCUT2D eigenvalue weighted by Gasteiger charge is -2.08. The fourth-order valence-electron chi connectivity index (χ4n) is 1.08. The quantitative estimate of drug-likeness (QED) is 0.675. The maximum Gasteiger partial charge on any atom is 0.285 e. The Morgan fingerprint density at radius 3 is 2.73 bits per heavy atom. The van der Waals surface area contributed by atoms with Crippen molar-refractivity contribution >= 4 is 27.3 Å². The molecule has 0 amide bonds. The number of nitro groups is 1. The second kappa shape index (κ2) is 5.11. The molecule has 4 nitrogen and oxygen atoms in total. The van der Waals surface area contributed by atoms with Crippen LogP contribution in [-0.2, 0) is 0 Å². The topological polar surface area (TPSA) is 55.2 Å². The van der Waals surface area contributed by atoms with Gasteiger partial charge in [0.25, 0.3) is 5.69 Å². The number of halogens is 1. The van der Waals surface area contributed by atoms with Gasteiger partial charge in [-0.3, -0.25) is 10.1 Å². The molecule has 0 unspecified atom stereocenters. The van der Waals surface area contributed by atoms with Crippen molar-refractivity contribution in [2.24, 2.45) is 5.92 Å². The summed E-state index contributed by atoms with van der Waals surface area (Å²) in [7, 11) is 0. The van der Waals surface area contributed by atoms with E-state index in [1.54, 1.807) is 6.07 Å². The van der Waals surface area contributed by atoms with Gasteiger partial charge < -0.3 is 5.32 Å². The molecule has 0 aliphatic carbocycles. The Morgan fingerprint density at radius 1 is 1.53 bits per heavy atom. The van der Waals surface area contributed by atoms with Gasteiger partial charge in [0.2, 0.25) is 0 Å². The van der Waals surface area contributed by atoms with E-state index in [0.717, 1.165) is 12.2 Å². The summed E-state index contributed by atoms with van der Waals surface area (Å²) < 4.78 is 0.502. The van der Waals surface area contributed by atoms with E-state index in [-0.39, 0.29) is 5.69 Å². The second-order valence-corrected chi connectivity index (χ2v) is 4.55. The first-order chi connectivity index (χ1) is 7.00. The van der Waals surface area contributed by atoms with Crippen LogP contribution in [-0.4, -0.2) is 11.5 Å². The first-order valence-corrected chi connectivity index (χ1v) is 5.48. The molecule has 1 aromatic rings. The van der Waals surface area contributed by atoms with Crippen LogP contribution in [0.5, 0.6) is 0 Å². The van der Waals surface area contributed by atoms with E-state index in [2.05, 4.69) is 35.1 Å². The van der Waals surface area contributed by atoms with Gasteiger partial charge in [-0.1, -0.05) is 13.8 Å². The van der Waals surface area contributed by atoms with Crippen LogP contribution in [0.4, 0.5) is 11.4 Å². The van der Waals surface area contributed by atoms with Crippen molar-refractivity contribution in [1.82, 2.24) is 0 Å². The van der Waals surface area contributed by atoms with Gasteiger partial charge in [0, 0.05) is 18.3 Å². The molecule has 0 saturated heterocycles. The van der Waals surface area contributed by atoms with E-state index in [1.165, 1.54) is 6.07 Å². The summed E-state index contributed by atoms with van der Waals surface area (Å²) in [4.78, 5) is 10.3. The van der Waals surface area contributed by atoms with Crippen LogP contribution in [0.25, 0.3) is 0 Å². The van der Waals surface area contributed by atoms with Gasteiger partial charge in [0.05, 0.1) is 9.40 Å². The van der Waals surface area contributed by atoms with Crippen molar-refractivity contribution in [2.45, 2.75) is 13.8 Å². The molecular weight excluding hydrogens is 260 g/mol. The third kappa shape index (κ3) is 3.51. The minimum absolute atomic E-state index is 0.0868. The van der Waals surface area contributed by atoms with Crippen LogP contribution < -0.4 is 5.32 Å². The number of hydrogen-bond donors (Lipinski definition) is 1. The SMILES string of the molecule is CC(C)CNc1ccc(Br)c([N+](=O)[O-])c1. The first-order valence-electron chi connectivity index (χ1n) is 4.68. The van der Waals surface area contributed by atoms with E-state index in [9.17, 15) is 10.1 Å². The number of anilines is 1. The van der Waals surface area contributed by atoms with Crippen LogP contribution in [0.3, 0.4) is 0 Å². The van der Waals surface area contributed by atoms with Crippen LogP contribution in [0, 0.1) is 16.0 Å². The van der Waals surface area contributed by atoms with Crippen molar-refractivity contribution in [1.29, 1.82) is 0 Å². The van der Waals surface area contributed by atoms with Crippen molar-refractivity contribution in [3.8, 4) is 0 Å². The Bertz CT molecular complexity index is 366. The molecule has 1 aromatic carbocycles. The second-order valence-electron chi connectivity index (χ2n) is 3.70. The lowest BCUT2D eigenvalue weighted by molar-refractivity contribution is -0.385. The molecule has 0 bridgehead atoms. The molecule has 1 rings (SSSR count). The summed E-state index contributed by atoms with van der Waals surface area (Å²) >= 11 is 3.14.